The molecule has 0 radical (unpaired) electrons. The molecule has 0 fully saturated rings. The van der Waals surface area contributed by atoms with Crippen molar-refractivity contribution >= 4 is 11.0 Å². The Bertz CT molecular complexity index is 1190. The van der Waals surface area contributed by atoms with Crippen molar-refractivity contribution in [3.8, 4) is 6.07 Å². The van der Waals surface area contributed by atoms with Crippen molar-refractivity contribution in [2.45, 2.75) is 19.3 Å². The minimum Gasteiger partial charge on any atom is -0.346 e. The van der Waals surface area contributed by atoms with Crippen LogP contribution in [0.4, 0.5) is 8.78 Å². The fraction of sp³-hybridized carbons (Fsp3) is 0.143. The molecule has 4 rings (SSSR count). The van der Waals surface area contributed by atoms with E-state index in [-0.39, 0.29) is 5.82 Å². The van der Waals surface area contributed by atoms with Gasteiger partial charge in [0.1, 0.15) is 17.5 Å². The molecule has 0 spiro atoms. The molecule has 4 aromatic heterocycles. The van der Waals surface area contributed by atoms with Gasteiger partial charge in [-0.2, -0.15) is 9.65 Å². The molecule has 0 aliphatic carbocycles. The average Bonchev–Trinajstić information content (AvgIpc) is 3.10. The lowest BCUT2D eigenvalue weighted by Gasteiger charge is -2.06. The molecule has 138 valence electrons. The van der Waals surface area contributed by atoms with Gasteiger partial charge < -0.3 is 4.98 Å². The third-order valence-corrected chi connectivity index (χ3v) is 4.54. The fourth-order valence-corrected chi connectivity index (χ4v) is 3.11. The zero-order valence-corrected chi connectivity index (χ0v) is 14.8. The minimum absolute atomic E-state index is 0.337. The summed E-state index contributed by atoms with van der Waals surface area (Å²) < 4.78 is 27.7. The highest BCUT2D eigenvalue weighted by molar-refractivity contribution is 5.81. The predicted molar refractivity (Wildman–Crippen MR) is 99.4 cm³/mol. The molecule has 7 heteroatoms. The smallest absolute Gasteiger partial charge is 0.216 e. The van der Waals surface area contributed by atoms with Crippen molar-refractivity contribution in [3.05, 3.63) is 88.8 Å². The Hall–Kier alpha value is -3.66. The Morgan fingerprint density at radius 3 is 2.71 bits per heavy atom. The number of rotatable bonds is 5. The van der Waals surface area contributed by atoms with Gasteiger partial charge in [-0.25, -0.2) is 14.4 Å². The summed E-state index contributed by atoms with van der Waals surface area (Å²) in [4.78, 5) is 15.1. The number of nitrogens with zero attached hydrogens (tertiary/aromatic N) is 4. The number of hydrogen-bond donors (Lipinski definition) is 1. The molecule has 1 N–H and O–H groups in total. The van der Waals surface area contributed by atoms with Gasteiger partial charge in [0, 0.05) is 41.7 Å². The molecule has 28 heavy (non-hydrogen) atoms. The van der Waals surface area contributed by atoms with Crippen molar-refractivity contribution in [1.29, 1.82) is 5.26 Å². The molecule has 0 atom stereocenters. The first kappa shape index (κ1) is 17.7. The average molecular weight is 375 g/mol. The SMILES string of the molecule is N#Cc1cnc2[nH]cc(Cc3ccc(CCc4cncc(F)c4)nc3F)c2c1. The van der Waals surface area contributed by atoms with Crippen molar-refractivity contribution < 1.29 is 8.78 Å². The van der Waals surface area contributed by atoms with E-state index < -0.39 is 5.95 Å². The molecule has 4 heterocycles. The molecule has 4 aromatic rings. The van der Waals surface area contributed by atoms with Crippen LogP contribution < -0.4 is 0 Å². The van der Waals surface area contributed by atoms with Gasteiger partial charge >= 0.3 is 0 Å². The van der Waals surface area contributed by atoms with Crippen LogP contribution in [-0.2, 0) is 19.3 Å². The number of nitrogens with one attached hydrogen (secondary N) is 1. The summed E-state index contributed by atoms with van der Waals surface area (Å²) in [5, 5.41) is 9.84. The van der Waals surface area contributed by atoms with Gasteiger partial charge in [-0.05, 0) is 42.2 Å². The number of H-pyrrole nitrogens is 1. The Morgan fingerprint density at radius 1 is 1.04 bits per heavy atom. The quantitative estimate of drug-likeness (QED) is 0.537. The Balaban J connectivity index is 1.51. The lowest BCUT2D eigenvalue weighted by atomic mass is 10.0. The van der Waals surface area contributed by atoms with E-state index in [1.54, 1.807) is 30.6 Å². The van der Waals surface area contributed by atoms with E-state index in [4.69, 9.17) is 5.26 Å². The summed E-state index contributed by atoms with van der Waals surface area (Å²) in [5.74, 6) is -0.923. The van der Waals surface area contributed by atoms with Crippen LogP contribution in [0.25, 0.3) is 11.0 Å². The fourth-order valence-electron chi connectivity index (χ4n) is 3.11. The molecule has 0 aromatic carbocycles. The largest absolute Gasteiger partial charge is 0.346 e. The van der Waals surface area contributed by atoms with Gasteiger partial charge in [0.05, 0.1) is 11.8 Å². The van der Waals surface area contributed by atoms with Crippen LogP contribution in [0.3, 0.4) is 0 Å². The zero-order chi connectivity index (χ0) is 19.5. The van der Waals surface area contributed by atoms with E-state index >= 15 is 0 Å². The number of halogens is 2. The first-order valence-corrected chi connectivity index (χ1v) is 8.72. The van der Waals surface area contributed by atoms with Gasteiger partial charge in [0.25, 0.3) is 0 Å². The molecular formula is C21H15F2N5. The normalized spacial score (nSPS) is 10.9. The summed E-state index contributed by atoms with van der Waals surface area (Å²) in [7, 11) is 0. The van der Waals surface area contributed by atoms with E-state index in [2.05, 4.69) is 26.0 Å². The second-order valence-electron chi connectivity index (χ2n) is 6.49. The summed E-state index contributed by atoms with van der Waals surface area (Å²) in [6.45, 7) is 0. The number of pyridine rings is 3. The minimum atomic E-state index is -0.534. The van der Waals surface area contributed by atoms with Crippen LogP contribution in [0.2, 0.25) is 0 Å². The van der Waals surface area contributed by atoms with Crippen LogP contribution >= 0.6 is 0 Å². The first-order valence-electron chi connectivity index (χ1n) is 8.72. The maximum atomic E-state index is 14.5. The summed E-state index contributed by atoms with van der Waals surface area (Å²) in [5.41, 5.74) is 3.75. The van der Waals surface area contributed by atoms with Crippen molar-refractivity contribution in [2.75, 3.05) is 0 Å². The van der Waals surface area contributed by atoms with Crippen LogP contribution in [0.1, 0.15) is 27.9 Å². The number of aryl methyl sites for hydroxylation is 2. The molecule has 0 aliphatic heterocycles. The van der Waals surface area contributed by atoms with Gasteiger partial charge in [-0.1, -0.05) is 6.07 Å². The van der Waals surface area contributed by atoms with Gasteiger partial charge in [-0.3, -0.25) is 4.98 Å². The number of aromatic nitrogens is 4. The van der Waals surface area contributed by atoms with Gasteiger partial charge in [0.15, 0.2) is 0 Å². The number of aromatic amines is 1. The molecule has 5 nitrogen and oxygen atoms in total. The van der Waals surface area contributed by atoms with Crippen LogP contribution in [0.5, 0.6) is 0 Å². The third-order valence-electron chi connectivity index (χ3n) is 4.54. The highest BCUT2D eigenvalue weighted by Crippen LogP contribution is 2.22. The lowest BCUT2D eigenvalue weighted by Crippen LogP contribution is -2.01. The van der Waals surface area contributed by atoms with E-state index in [0.717, 1.165) is 22.7 Å². The number of fused-ring (bicyclic) bond motifs is 1. The standard InChI is InChI=1S/C21H15F2N5/c22-17-5-13(9-25-12-17)1-3-18-4-2-15(20(23)28-18)7-16-11-27-21-19(16)6-14(8-24)10-26-21/h2,4-6,9-12H,1,3,7H2,(H,26,27). The van der Waals surface area contributed by atoms with Gasteiger partial charge in [0.2, 0.25) is 5.95 Å². The molecule has 0 amide bonds. The highest BCUT2D eigenvalue weighted by Gasteiger charge is 2.11. The van der Waals surface area contributed by atoms with Crippen LogP contribution in [0, 0.1) is 23.1 Å². The van der Waals surface area contributed by atoms with E-state index in [1.807, 2.05) is 0 Å². The van der Waals surface area contributed by atoms with Crippen LogP contribution in [0.15, 0.2) is 49.1 Å². The second-order valence-corrected chi connectivity index (χ2v) is 6.49. The number of hydrogen-bond acceptors (Lipinski definition) is 4. The molecule has 0 bridgehead atoms. The lowest BCUT2D eigenvalue weighted by molar-refractivity contribution is 0.562. The maximum Gasteiger partial charge on any atom is 0.216 e. The zero-order valence-electron chi connectivity index (χ0n) is 14.8. The van der Waals surface area contributed by atoms with Crippen molar-refractivity contribution in [3.63, 3.8) is 0 Å². The first-order chi connectivity index (χ1) is 13.6. The summed E-state index contributed by atoms with van der Waals surface area (Å²) >= 11 is 0. The monoisotopic (exact) mass is 375 g/mol. The topological polar surface area (TPSA) is 78.2 Å². The van der Waals surface area contributed by atoms with E-state index in [1.165, 1.54) is 12.3 Å². The molecule has 0 aliphatic rings. The summed E-state index contributed by atoms with van der Waals surface area (Å²) in [6.07, 6.45) is 7.36. The highest BCUT2D eigenvalue weighted by atomic mass is 19.1. The van der Waals surface area contributed by atoms with E-state index in [9.17, 15) is 8.78 Å². The van der Waals surface area contributed by atoms with Crippen molar-refractivity contribution in [1.82, 2.24) is 19.9 Å². The van der Waals surface area contributed by atoms with Gasteiger partial charge in [-0.15, -0.1) is 0 Å². The molecule has 0 saturated carbocycles. The Kier molecular flexibility index (Phi) is 4.77. The Morgan fingerprint density at radius 2 is 1.93 bits per heavy atom. The summed E-state index contributed by atoms with van der Waals surface area (Å²) in [6, 6.07) is 8.70. The maximum absolute atomic E-state index is 14.5. The molecular weight excluding hydrogens is 360 g/mol. The third kappa shape index (κ3) is 3.71. The second kappa shape index (κ2) is 7.53. The van der Waals surface area contributed by atoms with Crippen molar-refractivity contribution in [2.24, 2.45) is 0 Å². The number of nitriles is 1. The molecule has 0 saturated heterocycles. The Labute approximate surface area is 159 Å². The van der Waals surface area contributed by atoms with E-state index in [0.29, 0.717) is 41.7 Å². The predicted octanol–water partition coefficient (Wildman–Crippen LogP) is 3.88. The van der Waals surface area contributed by atoms with Crippen LogP contribution in [-0.4, -0.2) is 19.9 Å². The molecule has 0 unspecified atom stereocenters.